The van der Waals surface area contributed by atoms with Crippen LogP contribution in [0, 0.1) is 0 Å². The van der Waals surface area contributed by atoms with Crippen LogP contribution in [-0.4, -0.2) is 25.0 Å². The van der Waals surface area contributed by atoms with Crippen molar-refractivity contribution in [2.45, 2.75) is 11.8 Å². The highest BCUT2D eigenvalue weighted by Gasteiger charge is 2.16. The molecule has 0 atom stereocenters. The zero-order valence-corrected chi connectivity index (χ0v) is 9.48. The van der Waals surface area contributed by atoms with Crippen molar-refractivity contribution in [2.24, 2.45) is 4.99 Å². The fourth-order valence-corrected chi connectivity index (χ4v) is 1.76. The number of nitrogens with zero attached hydrogens (tertiary/aromatic N) is 1. The Morgan fingerprint density at radius 3 is 2.59 bits per heavy atom. The minimum absolute atomic E-state index is 0.249. The van der Waals surface area contributed by atoms with Crippen LogP contribution < -0.4 is 5.32 Å². The number of anilines is 1. The summed E-state index contributed by atoms with van der Waals surface area (Å²) < 4.78 is 30.7. The van der Waals surface area contributed by atoms with E-state index in [0.29, 0.717) is 0 Å². The van der Waals surface area contributed by atoms with Gasteiger partial charge in [-0.15, -0.1) is 0 Å². The molecule has 0 radical (unpaired) electrons. The van der Waals surface area contributed by atoms with Gasteiger partial charge in [0.15, 0.2) is 0 Å². The Labute approximate surface area is 96.9 Å². The predicted molar refractivity (Wildman–Crippen MR) is 58.3 cm³/mol. The van der Waals surface area contributed by atoms with E-state index < -0.39 is 15.0 Å². The van der Waals surface area contributed by atoms with E-state index in [-0.39, 0.29) is 17.3 Å². The number of isocyanates is 1. The second kappa shape index (κ2) is 4.88. The van der Waals surface area contributed by atoms with E-state index in [9.17, 15) is 18.0 Å². The first-order valence-electron chi connectivity index (χ1n) is 4.31. The molecule has 0 aliphatic rings. The summed E-state index contributed by atoms with van der Waals surface area (Å²) in [5, 5.41) is 2.38. The average Bonchev–Trinajstić information content (AvgIpc) is 2.15. The van der Waals surface area contributed by atoms with Crippen molar-refractivity contribution in [1.29, 1.82) is 0 Å². The second-order valence-corrected chi connectivity index (χ2v) is 4.43. The lowest BCUT2D eigenvalue weighted by molar-refractivity contribution is -0.114. The van der Waals surface area contributed by atoms with Crippen LogP contribution in [0.25, 0.3) is 0 Å². The normalized spacial score (nSPS) is 10.5. The Balaban J connectivity index is 3.37. The molecule has 0 bridgehead atoms. The van der Waals surface area contributed by atoms with Crippen LogP contribution in [0.5, 0.6) is 0 Å². The first kappa shape index (κ1) is 13.0. The summed E-state index contributed by atoms with van der Waals surface area (Å²) in [4.78, 5) is 23.5. The molecule has 0 saturated carbocycles. The Morgan fingerprint density at radius 2 is 2.12 bits per heavy atom. The maximum Gasteiger partial charge on any atom is 0.296 e. The smallest absolute Gasteiger partial charge is 0.296 e. The van der Waals surface area contributed by atoms with E-state index in [0.717, 1.165) is 18.2 Å². The zero-order valence-electron chi connectivity index (χ0n) is 8.67. The third-order valence-electron chi connectivity index (χ3n) is 1.72. The van der Waals surface area contributed by atoms with Gasteiger partial charge < -0.3 is 5.32 Å². The molecular weight excluding hydrogens is 248 g/mol. The molecule has 17 heavy (non-hydrogen) atoms. The average molecular weight is 256 g/mol. The lowest BCUT2D eigenvalue weighted by Gasteiger charge is -2.05. The molecule has 7 nitrogen and oxygen atoms in total. The van der Waals surface area contributed by atoms with Crippen molar-refractivity contribution in [3.63, 3.8) is 0 Å². The number of rotatable bonds is 3. The first-order valence-corrected chi connectivity index (χ1v) is 5.75. The molecule has 0 aromatic heterocycles. The summed E-state index contributed by atoms with van der Waals surface area (Å²) in [7, 11) is -4.49. The highest BCUT2D eigenvalue weighted by molar-refractivity contribution is 7.86. The van der Waals surface area contributed by atoms with Crippen LogP contribution in [0.3, 0.4) is 0 Å². The largest absolute Gasteiger partial charge is 0.326 e. The third-order valence-corrected chi connectivity index (χ3v) is 2.62. The summed E-state index contributed by atoms with van der Waals surface area (Å²) in [5.74, 6) is -0.370. The quantitative estimate of drug-likeness (QED) is 0.473. The third kappa shape index (κ3) is 3.49. The van der Waals surface area contributed by atoms with Gasteiger partial charge in [-0.25, -0.2) is 4.79 Å². The van der Waals surface area contributed by atoms with Crippen molar-refractivity contribution in [1.82, 2.24) is 0 Å². The van der Waals surface area contributed by atoms with Crippen LogP contribution in [0.4, 0.5) is 11.4 Å². The van der Waals surface area contributed by atoms with Gasteiger partial charge in [-0.1, -0.05) is 0 Å². The summed E-state index contributed by atoms with van der Waals surface area (Å²) in [5.41, 5.74) is -0.0485. The van der Waals surface area contributed by atoms with Crippen LogP contribution in [0.1, 0.15) is 6.92 Å². The molecule has 0 saturated heterocycles. The summed E-state index contributed by atoms with van der Waals surface area (Å²) in [6.45, 7) is 1.26. The highest BCUT2D eigenvalue weighted by Crippen LogP contribution is 2.27. The number of nitrogens with one attached hydrogen (secondary N) is 1. The monoisotopic (exact) mass is 256 g/mol. The number of amides is 1. The fraction of sp³-hybridized carbons (Fsp3) is 0.111. The first-order chi connectivity index (χ1) is 7.84. The van der Waals surface area contributed by atoms with Crippen LogP contribution in [0.2, 0.25) is 0 Å². The molecule has 1 amide bonds. The Kier molecular flexibility index (Phi) is 3.74. The molecule has 90 valence electrons. The number of aliphatic imine (C=N–C) groups is 1. The predicted octanol–water partition coefficient (Wildman–Crippen LogP) is 0.859. The number of carbonyl (C=O) groups excluding carboxylic acids is 2. The van der Waals surface area contributed by atoms with Crippen LogP contribution in [-0.2, 0) is 19.7 Å². The standard InChI is InChI=1S/C9H8N2O5S/c1-6(13)11-7-2-3-9(17(14,15)16)8(4-7)10-5-12/h2-4H,1H3,(H,11,13)(H,14,15,16). The van der Waals surface area contributed by atoms with E-state index in [1.807, 2.05) is 0 Å². The van der Waals surface area contributed by atoms with Crippen molar-refractivity contribution >= 4 is 33.5 Å². The number of carbonyl (C=O) groups is 1. The number of hydrogen-bond acceptors (Lipinski definition) is 5. The summed E-state index contributed by atoms with van der Waals surface area (Å²) >= 11 is 0. The van der Waals surface area contributed by atoms with Crippen LogP contribution >= 0.6 is 0 Å². The van der Waals surface area contributed by atoms with Gasteiger partial charge in [-0.05, 0) is 18.2 Å². The SMILES string of the molecule is CC(=O)Nc1ccc(S(=O)(=O)O)c(N=C=O)c1. The van der Waals surface area contributed by atoms with Gasteiger partial charge in [0.2, 0.25) is 12.0 Å². The summed E-state index contributed by atoms with van der Waals surface area (Å²) in [6, 6.07) is 3.42. The van der Waals surface area contributed by atoms with Gasteiger partial charge in [0, 0.05) is 12.6 Å². The molecule has 1 aromatic carbocycles. The number of hydrogen-bond donors (Lipinski definition) is 2. The second-order valence-electron chi connectivity index (χ2n) is 3.04. The van der Waals surface area contributed by atoms with E-state index in [1.54, 1.807) is 0 Å². The van der Waals surface area contributed by atoms with Crippen LogP contribution in [0.15, 0.2) is 28.1 Å². The van der Waals surface area contributed by atoms with Crippen molar-refractivity contribution in [2.75, 3.05) is 5.32 Å². The zero-order chi connectivity index (χ0) is 13.1. The maximum absolute atomic E-state index is 10.9. The van der Waals surface area contributed by atoms with E-state index in [1.165, 1.54) is 13.0 Å². The van der Waals surface area contributed by atoms with E-state index >= 15 is 0 Å². The molecular formula is C9H8N2O5S. The van der Waals surface area contributed by atoms with Gasteiger partial charge in [0.1, 0.15) is 4.90 Å². The van der Waals surface area contributed by atoms with E-state index in [2.05, 4.69) is 10.3 Å². The van der Waals surface area contributed by atoms with Crippen molar-refractivity contribution in [3.8, 4) is 0 Å². The number of benzene rings is 1. The topological polar surface area (TPSA) is 113 Å². The minimum Gasteiger partial charge on any atom is -0.326 e. The van der Waals surface area contributed by atoms with Gasteiger partial charge in [-0.3, -0.25) is 9.35 Å². The minimum atomic E-state index is -4.49. The molecule has 0 heterocycles. The van der Waals surface area contributed by atoms with E-state index in [4.69, 9.17) is 4.55 Å². The summed E-state index contributed by atoms with van der Waals surface area (Å²) in [6.07, 6.45) is 1.16. The van der Waals surface area contributed by atoms with Gasteiger partial charge in [0.05, 0.1) is 5.69 Å². The van der Waals surface area contributed by atoms with Gasteiger partial charge in [0.25, 0.3) is 10.1 Å². The molecule has 1 rings (SSSR count). The molecule has 8 heteroatoms. The lowest BCUT2D eigenvalue weighted by atomic mass is 10.3. The molecule has 0 spiro atoms. The fourth-order valence-electron chi connectivity index (χ4n) is 1.15. The molecule has 0 aliphatic carbocycles. The Bertz CT molecular complexity index is 602. The Morgan fingerprint density at radius 1 is 1.47 bits per heavy atom. The highest BCUT2D eigenvalue weighted by atomic mass is 32.2. The van der Waals surface area contributed by atoms with Crippen molar-refractivity contribution in [3.05, 3.63) is 18.2 Å². The Hall–Kier alpha value is -2.02. The van der Waals surface area contributed by atoms with Gasteiger partial charge >= 0.3 is 0 Å². The van der Waals surface area contributed by atoms with Gasteiger partial charge in [-0.2, -0.15) is 13.4 Å². The molecule has 0 unspecified atom stereocenters. The molecule has 1 aromatic rings. The molecule has 2 N–H and O–H groups in total. The molecule has 0 fully saturated rings. The molecule has 0 aliphatic heterocycles. The maximum atomic E-state index is 10.9. The lowest BCUT2D eigenvalue weighted by Crippen LogP contribution is -2.06. The van der Waals surface area contributed by atoms with Crippen molar-refractivity contribution < 1.29 is 22.6 Å².